The topological polar surface area (TPSA) is 55.6 Å². The Morgan fingerprint density at radius 2 is 2.27 bits per heavy atom. The number of ether oxygens (including phenoxy) is 1. The maximum Gasteiger partial charge on any atom is 0.322 e. The van der Waals surface area contributed by atoms with E-state index in [4.69, 9.17) is 22.7 Å². The molecule has 0 aromatic rings. The fourth-order valence-electron chi connectivity index (χ4n) is 2.03. The van der Waals surface area contributed by atoms with Gasteiger partial charge in [0, 0.05) is 0 Å². The Balaban J connectivity index is 2.71. The molecule has 0 spiro atoms. The van der Waals surface area contributed by atoms with E-state index in [1.165, 1.54) is 7.11 Å². The molecule has 1 saturated heterocycles. The van der Waals surface area contributed by atoms with Crippen LogP contribution in [-0.4, -0.2) is 41.6 Å². The second-order valence-electron chi connectivity index (χ2n) is 3.85. The number of thiocarbonyl (C=S) groups is 1. The summed E-state index contributed by atoms with van der Waals surface area (Å²) in [6.07, 6.45) is 3.14. The van der Waals surface area contributed by atoms with Crippen molar-refractivity contribution in [2.45, 2.75) is 38.3 Å². The summed E-state index contributed by atoms with van der Waals surface area (Å²) < 4.78 is 4.73. The number of likely N-dealkylation sites (tertiary alicyclic amines) is 1. The fourth-order valence-corrected chi connectivity index (χ4v) is 2.28. The first kappa shape index (κ1) is 12.4. The van der Waals surface area contributed by atoms with Gasteiger partial charge in [0.25, 0.3) is 0 Å². The van der Waals surface area contributed by atoms with E-state index in [2.05, 4.69) is 0 Å². The number of carbonyl (C=O) groups excluding carboxylic acids is 1. The molecular formula is C10H18N2O2S. The van der Waals surface area contributed by atoms with Crippen LogP contribution in [-0.2, 0) is 9.53 Å². The van der Waals surface area contributed by atoms with Gasteiger partial charge in [-0.15, -0.1) is 0 Å². The summed E-state index contributed by atoms with van der Waals surface area (Å²) >= 11 is 5.02. The molecule has 1 rings (SSSR count). The average Bonchev–Trinajstić information content (AvgIpc) is 2.27. The highest BCUT2D eigenvalue weighted by molar-refractivity contribution is 7.80. The number of rotatable bonds is 3. The van der Waals surface area contributed by atoms with Crippen LogP contribution in [0.15, 0.2) is 0 Å². The van der Waals surface area contributed by atoms with Crippen molar-refractivity contribution >= 4 is 23.2 Å². The van der Waals surface area contributed by atoms with Crippen LogP contribution < -0.4 is 5.73 Å². The summed E-state index contributed by atoms with van der Waals surface area (Å²) in [6.45, 7) is 2.70. The summed E-state index contributed by atoms with van der Waals surface area (Å²) in [5.74, 6) is -0.224. The van der Waals surface area contributed by atoms with Gasteiger partial charge >= 0.3 is 5.97 Å². The van der Waals surface area contributed by atoms with Gasteiger partial charge in [0.2, 0.25) is 0 Å². The van der Waals surface area contributed by atoms with Crippen molar-refractivity contribution in [2.24, 2.45) is 5.73 Å². The molecule has 15 heavy (non-hydrogen) atoms. The smallest absolute Gasteiger partial charge is 0.322 e. The van der Waals surface area contributed by atoms with E-state index < -0.39 is 0 Å². The largest absolute Gasteiger partial charge is 0.468 e. The Bertz CT molecular complexity index is 258. The Morgan fingerprint density at radius 3 is 2.80 bits per heavy atom. The summed E-state index contributed by atoms with van der Waals surface area (Å²) in [7, 11) is 1.40. The van der Waals surface area contributed by atoms with Crippen LogP contribution in [0.4, 0.5) is 0 Å². The lowest BCUT2D eigenvalue weighted by Gasteiger charge is -2.37. The summed E-state index contributed by atoms with van der Waals surface area (Å²) in [4.78, 5) is 13.9. The van der Waals surface area contributed by atoms with Crippen LogP contribution in [0.25, 0.3) is 0 Å². The van der Waals surface area contributed by atoms with Crippen molar-refractivity contribution in [3.63, 3.8) is 0 Å². The number of methoxy groups -OCH3 is 1. The molecular weight excluding hydrogens is 212 g/mol. The number of piperidine rings is 1. The van der Waals surface area contributed by atoms with Crippen LogP contribution in [0.5, 0.6) is 0 Å². The maximum atomic E-state index is 11.4. The molecule has 5 heteroatoms. The fraction of sp³-hybridized carbons (Fsp3) is 0.800. The molecule has 0 radical (unpaired) electrons. The van der Waals surface area contributed by atoms with E-state index in [0.29, 0.717) is 4.99 Å². The lowest BCUT2D eigenvalue weighted by atomic mass is 10.00. The van der Waals surface area contributed by atoms with E-state index in [1.54, 1.807) is 0 Å². The SMILES string of the molecule is COC(=O)C(C)N1CCCCC1C(N)=S. The number of nitrogens with zero attached hydrogens (tertiary/aromatic N) is 1. The van der Waals surface area contributed by atoms with Gasteiger partial charge in [-0.05, 0) is 26.3 Å². The van der Waals surface area contributed by atoms with Gasteiger partial charge in [-0.3, -0.25) is 9.69 Å². The molecule has 0 aromatic heterocycles. The Hall–Kier alpha value is -0.680. The number of esters is 1. The molecule has 0 saturated carbocycles. The van der Waals surface area contributed by atoms with E-state index >= 15 is 0 Å². The second kappa shape index (κ2) is 5.42. The highest BCUT2D eigenvalue weighted by Gasteiger charge is 2.32. The minimum Gasteiger partial charge on any atom is -0.468 e. The van der Waals surface area contributed by atoms with E-state index in [-0.39, 0.29) is 18.1 Å². The van der Waals surface area contributed by atoms with Crippen LogP contribution in [0.2, 0.25) is 0 Å². The van der Waals surface area contributed by atoms with Gasteiger partial charge in [0.15, 0.2) is 0 Å². The quantitative estimate of drug-likeness (QED) is 0.571. The summed E-state index contributed by atoms with van der Waals surface area (Å²) in [5.41, 5.74) is 5.67. The third-order valence-corrected chi connectivity index (χ3v) is 3.18. The molecule has 2 atom stereocenters. The first-order chi connectivity index (χ1) is 7.07. The van der Waals surface area contributed by atoms with Gasteiger partial charge in [-0.1, -0.05) is 18.6 Å². The number of carbonyl (C=O) groups is 1. The van der Waals surface area contributed by atoms with E-state index in [9.17, 15) is 4.79 Å². The summed E-state index contributed by atoms with van der Waals surface area (Å²) in [5, 5.41) is 0. The zero-order chi connectivity index (χ0) is 11.4. The maximum absolute atomic E-state index is 11.4. The van der Waals surface area contributed by atoms with Gasteiger partial charge < -0.3 is 10.5 Å². The lowest BCUT2D eigenvalue weighted by molar-refractivity contribution is -0.147. The molecule has 1 aliphatic heterocycles. The summed E-state index contributed by atoms with van der Waals surface area (Å²) in [6, 6.07) is -0.218. The lowest BCUT2D eigenvalue weighted by Crippen LogP contribution is -2.53. The normalized spacial score (nSPS) is 24.5. The first-order valence-electron chi connectivity index (χ1n) is 5.20. The van der Waals surface area contributed by atoms with E-state index in [1.807, 2.05) is 11.8 Å². The molecule has 1 aliphatic rings. The highest BCUT2D eigenvalue weighted by atomic mass is 32.1. The molecule has 1 heterocycles. The highest BCUT2D eigenvalue weighted by Crippen LogP contribution is 2.20. The van der Waals surface area contributed by atoms with Crippen LogP contribution in [0, 0.1) is 0 Å². The number of nitrogens with two attached hydrogens (primary N) is 1. The van der Waals surface area contributed by atoms with E-state index in [0.717, 1.165) is 25.8 Å². The minimum atomic E-state index is -0.262. The van der Waals surface area contributed by atoms with Crippen molar-refractivity contribution < 1.29 is 9.53 Å². The van der Waals surface area contributed by atoms with Gasteiger partial charge in [-0.2, -0.15) is 0 Å². The second-order valence-corrected chi connectivity index (χ2v) is 4.32. The van der Waals surface area contributed by atoms with Gasteiger partial charge in [0.05, 0.1) is 18.1 Å². The molecule has 2 unspecified atom stereocenters. The van der Waals surface area contributed by atoms with Crippen molar-refractivity contribution in [1.29, 1.82) is 0 Å². The predicted octanol–water partition coefficient (Wildman–Crippen LogP) is 0.689. The van der Waals surface area contributed by atoms with Crippen molar-refractivity contribution in [3.05, 3.63) is 0 Å². The van der Waals surface area contributed by atoms with Crippen molar-refractivity contribution in [3.8, 4) is 0 Å². The third-order valence-electron chi connectivity index (χ3n) is 2.91. The molecule has 0 aliphatic carbocycles. The Morgan fingerprint density at radius 1 is 1.60 bits per heavy atom. The number of hydrogen-bond donors (Lipinski definition) is 1. The first-order valence-corrected chi connectivity index (χ1v) is 5.61. The Kier molecular flexibility index (Phi) is 4.47. The van der Waals surface area contributed by atoms with Crippen LogP contribution >= 0.6 is 12.2 Å². The predicted molar refractivity (Wildman–Crippen MR) is 62.6 cm³/mol. The van der Waals surface area contributed by atoms with Crippen LogP contribution in [0.1, 0.15) is 26.2 Å². The molecule has 1 fully saturated rings. The number of hydrogen-bond acceptors (Lipinski definition) is 4. The molecule has 0 bridgehead atoms. The van der Waals surface area contributed by atoms with Gasteiger partial charge in [-0.25, -0.2) is 0 Å². The standard InChI is InChI=1S/C10H18N2O2S/c1-7(10(13)14-2)12-6-4-3-5-8(12)9(11)15/h7-8H,3-6H2,1-2H3,(H2,11,15). The zero-order valence-corrected chi connectivity index (χ0v) is 10.0. The molecule has 86 valence electrons. The molecule has 0 aromatic carbocycles. The van der Waals surface area contributed by atoms with Gasteiger partial charge in [0.1, 0.15) is 6.04 Å². The monoisotopic (exact) mass is 230 g/mol. The third kappa shape index (κ3) is 2.89. The minimum absolute atomic E-state index is 0.0443. The van der Waals surface area contributed by atoms with Crippen molar-refractivity contribution in [1.82, 2.24) is 4.90 Å². The molecule has 0 amide bonds. The average molecular weight is 230 g/mol. The Labute approximate surface area is 95.8 Å². The van der Waals surface area contributed by atoms with Crippen molar-refractivity contribution in [2.75, 3.05) is 13.7 Å². The molecule has 2 N–H and O–H groups in total. The zero-order valence-electron chi connectivity index (χ0n) is 9.23. The molecule has 4 nitrogen and oxygen atoms in total. The van der Waals surface area contributed by atoms with Crippen LogP contribution in [0.3, 0.4) is 0 Å².